The third-order valence-electron chi connectivity index (χ3n) is 12.4. The van der Waals surface area contributed by atoms with Crippen molar-refractivity contribution in [1.82, 2.24) is 19.5 Å². The van der Waals surface area contributed by atoms with E-state index < -0.39 is 0 Å². The van der Waals surface area contributed by atoms with Gasteiger partial charge >= 0.3 is 0 Å². The molecule has 62 heavy (non-hydrogen) atoms. The highest BCUT2D eigenvalue weighted by Gasteiger charge is 2.23. The van der Waals surface area contributed by atoms with Crippen LogP contribution in [-0.4, -0.2) is 19.5 Å². The van der Waals surface area contributed by atoms with Gasteiger partial charge in [-0.3, -0.25) is 0 Å². The number of aromatic nitrogens is 4. The zero-order valence-electron chi connectivity index (χ0n) is 32.8. The predicted molar refractivity (Wildman–Crippen MR) is 255 cm³/mol. The van der Waals surface area contributed by atoms with Gasteiger partial charge in [0, 0.05) is 69.3 Å². The number of hydrogen-bond acceptors (Lipinski definition) is 6. The lowest BCUT2D eigenvalue weighted by Crippen LogP contribution is -2.01. The van der Waals surface area contributed by atoms with Crippen LogP contribution < -0.4 is 0 Å². The number of rotatable bonds is 4. The van der Waals surface area contributed by atoms with Gasteiger partial charge in [-0.2, -0.15) is 0 Å². The lowest BCUT2D eigenvalue weighted by Gasteiger charge is -2.13. The van der Waals surface area contributed by atoms with Crippen molar-refractivity contribution in [3.8, 4) is 39.9 Å². The Morgan fingerprint density at radius 2 is 0.968 bits per heavy atom. The average molecular weight is 811 g/mol. The summed E-state index contributed by atoms with van der Waals surface area (Å²) in [5.74, 6) is 1.66. The molecule has 0 radical (unpaired) electrons. The smallest absolute Gasteiger partial charge is 0.167 e. The van der Waals surface area contributed by atoms with E-state index in [1.54, 1.807) is 11.3 Å². The van der Waals surface area contributed by atoms with E-state index in [-0.39, 0.29) is 0 Å². The summed E-state index contributed by atoms with van der Waals surface area (Å²) >= 11 is 1.80. The van der Waals surface area contributed by atoms with E-state index >= 15 is 0 Å². The summed E-state index contributed by atoms with van der Waals surface area (Å²) < 4.78 is 17.9. The van der Waals surface area contributed by atoms with Crippen LogP contribution in [0.3, 0.4) is 0 Å². The van der Waals surface area contributed by atoms with Gasteiger partial charge in [0.2, 0.25) is 0 Å². The minimum Gasteiger partial charge on any atom is -0.456 e. The Bertz CT molecular complexity index is 4060. The van der Waals surface area contributed by atoms with Gasteiger partial charge < -0.3 is 13.4 Å². The molecule has 14 aromatic rings. The third-order valence-corrected chi connectivity index (χ3v) is 13.6. The summed E-state index contributed by atoms with van der Waals surface area (Å²) in [4.78, 5) is 16.0. The molecule has 0 aliphatic rings. The fraction of sp³-hybridized carbons (Fsp3) is 0. The minimum atomic E-state index is 0.523. The lowest BCUT2D eigenvalue weighted by molar-refractivity contribution is 0.669. The zero-order chi connectivity index (χ0) is 40.5. The summed E-state index contributed by atoms with van der Waals surface area (Å²) in [5, 5.41) is 11.2. The van der Waals surface area contributed by atoms with Crippen molar-refractivity contribution in [2.75, 3.05) is 0 Å². The molecule has 0 aliphatic heterocycles. The van der Waals surface area contributed by atoms with E-state index in [9.17, 15) is 0 Å². The van der Waals surface area contributed by atoms with Crippen molar-refractivity contribution in [3.05, 3.63) is 182 Å². The SMILES string of the molecule is c1ccc2cc3c(cc2c1)c1ccccc1n3-c1cc(-c2nc(-c3ccc4oc5ccccc5c4c3)nc(-c3ccc4sc5ccccc5c4c3)n2)c2oc3ccccc3c2c1. The maximum absolute atomic E-state index is 6.80. The molecule has 288 valence electrons. The Balaban J connectivity index is 1.07. The van der Waals surface area contributed by atoms with Gasteiger partial charge in [0.25, 0.3) is 0 Å². The van der Waals surface area contributed by atoms with Crippen LogP contribution in [0.5, 0.6) is 0 Å². The average Bonchev–Trinajstić information content (AvgIpc) is 4.09. The van der Waals surface area contributed by atoms with E-state index in [0.29, 0.717) is 17.5 Å². The highest BCUT2D eigenvalue weighted by atomic mass is 32.1. The molecule has 9 aromatic carbocycles. The van der Waals surface area contributed by atoms with E-state index in [1.807, 2.05) is 42.5 Å². The van der Waals surface area contributed by atoms with Gasteiger partial charge in [-0.05, 0) is 95.7 Å². The highest BCUT2D eigenvalue weighted by Crippen LogP contribution is 2.42. The maximum Gasteiger partial charge on any atom is 0.167 e. The van der Waals surface area contributed by atoms with Crippen LogP contribution in [0.1, 0.15) is 0 Å². The van der Waals surface area contributed by atoms with E-state index in [1.165, 1.54) is 41.7 Å². The fourth-order valence-corrected chi connectivity index (χ4v) is 10.6. The topological polar surface area (TPSA) is 69.9 Å². The normalized spacial score (nSPS) is 12.2. The van der Waals surface area contributed by atoms with Gasteiger partial charge in [-0.15, -0.1) is 11.3 Å². The number of benzene rings is 9. The molecule has 0 saturated heterocycles. The van der Waals surface area contributed by atoms with E-state index in [0.717, 1.165) is 77.3 Å². The molecular weight excluding hydrogens is 781 g/mol. The number of hydrogen-bond donors (Lipinski definition) is 0. The number of nitrogens with zero attached hydrogens (tertiary/aromatic N) is 4. The molecule has 0 amide bonds. The first-order valence-corrected chi connectivity index (χ1v) is 21.5. The molecule has 0 bridgehead atoms. The first kappa shape index (κ1) is 33.7. The Labute approximate surface area is 356 Å². The third kappa shape index (κ3) is 4.94. The van der Waals surface area contributed by atoms with Crippen LogP contribution in [0, 0.1) is 0 Å². The molecule has 0 fully saturated rings. The number of thiophene rings is 1. The maximum atomic E-state index is 6.80. The summed E-state index contributed by atoms with van der Waals surface area (Å²) in [6.45, 7) is 0. The molecule has 5 heterocycles. The van der Waals surface area contributed by atoms with Gasteiger partial charge in [0.05, 0.1) is 16.6 Å². The van der Waals surface area contributed by atoms with Crippen LogP contribution in [0.25, 0.3) is 136 Å². The Kier molecular flexibility index (Phi) is 6.89. The lowest BCUT2D eigenvalue weighted by atomic mass is 10.0. The molecule has 0 N–H and O–H groups in total. The van der Waals surface area contributed by atoms with Crippen LogP contribution in [0.2, 0.25) is 0 Å². The standard InChI is InChI=1S/C55H30N4O2S/c1-2-12-32-28-46-40(25-31(32)11-1)36-13-3-7-17-45(36)59(46)35-29-43-38-15-5-9-19-48(38)61-52(43)44(30-35)55-57-53(33-21-23-49-41(26-33)37-14-4-8-18-47(37)60-49)56-54(58-55)34-22-24-51-42(27-34)39-16-6-10-20-50(39)62-51/h1-30H. The van der Waals surface area contributed by atoms with Gasteiger partial charge in [0.15, 0.2) is 17.5 Å². The summed E-state index contributed by atoms with van der Waals surface area (Å²) in [7, 11) is 0. The van der Waals surface area contributed by atoms with Crippen molar-refractivity contribution in [2.45, 2.75) is 0 Å². The van der Waals surface area contributed by atoms with Crippen molar-refractivity contribution in [1.29, 1.82) is 0 Å². The summed E-state index contributed by atoms with van der Waals surface area (Å²) in [6, 6.07) is 64.0. The molecular formula is C55H30N4O2S. The zero-order valence-corrected chi connectivity index (χ0v) is 33.7. The second-order valence-electron chi connectivity index (χ2n) is 16.0. The first-order valence-electron chi connectivity index (χ1n) is 20.7. The molecule has 7 heteroatoms. The molecule has 0 spiro atoms. The van der Waals surface area contributed by atoms with Crippen LogP contribution in [-0.2, 0) is 0 Å². The molecule has 0 atom stereocenters. The van der Waals surface area contributed by atoms with Crippen LogP contribution in [0.4, 0.5) is 0 Å². The van der Waals surface area contributed by atoms with E-state index in [2.05, 4.69) is 144 Å². The molecule has 6 nitrogen and oxygen atoms in total. The molecule has 0 unspecified atom stereocenters. The van der Waals surface area contributed by atoms with E-state index in [4.69, 9.17) is 23.8 Å². The predicted octanol–water partition coefficient (Wildman–Crippen LogP) is 15.3. The van der Waals surface area contributed by atoms with Crippen LogP contribution in [0.15, 0.2) is 191 Å². The molecule has 5 aromatic heterocycles. The number of furan rings is 2. The second kappa shape index (κ2) is 12.7. The van der Waals surface area contributed by atoms with Crippen molar-refractivity contribution in [2.24, 2.45) is 0 Å². The van der Waals surface area contributed by atoms with Crippen molar-refractivity contribution >= 4 is 108 Å². The molecule has 0 saturated carbocycles. The van der Waals surface area contributed by atoms with Crippen molar-refractivity contribution in [3.63, 3.8) is 0 Å². The molecule has 0 aliphatic carbocycles. The second-order valence-corrected chi connectivity index (χ2v) is 17.0. The number of fused-ring (bicyclic) bond motifs is 13. The quantitative estimate of drug-likeness (QED) is 0.177. The Hall–Kier alpha value is -8.13. The first-order chi connectivity index (χ1) is 30.7. The molecule has 14 rings (SSSR count). The summed E-state index contributed by atoms with van der Waals surface area (Å²) in [6.07, 6.45) is 0. The highest BCUT2D eigenvalue weighted by molar-refractivity contribution is 7.25. The Morgan fingerprint density at radius 3 is 1.79 bits per heavy atom. The van der Waals surface area contributed by atoms with Gasteiger partial charge in [0.1, 0.15) is 22.3 Å². The van der Waals surface area contributed by atoms with Gasteiger partial charge in [-0.1, -0.05) is 97.1 Å². The van der Waals surface area contributed by atoms with Crippen molar-refractivity contribution < 1.29 is 8.83 Å². The largest absolute Gasteiger partial charge is 0.456 e. The monoisotopic (exact) mass is 810 g/mol. The van der Waals surface area contributed by atoms with Gasteiger partial charge in [-0.25, -0.2) is 15.0 Å². The summed E-state index contributed by atoms with van der Waals surface area (Å²) in [5.41, 5.74) is 8.96. The fourth-order valence-electron chi connectivity index (χ4n) is 9.53. The Morgan fingerprint density at radius 1 is 0.371 bits per heavy atom. The van der Waals surface area contributed by atoms with Crippen LogP contribution >= 0.6 is 11.3 Å². The minimum absolute atomic E-state index is 0.523. The number of para-hydroxylation sites is 3.